The Balaban J connectivity index is 1.31. The van der Waals surface area contributed by atoms with Gasteiger partial charge in [0.2, 0.25) is 0 Å². The number of Topliss-reactive ketones (excluding diaryl/α,β-unsaturated/α-hetero) is 1. The molecule has 0 unspecified atom stereocenters. The molecule has 2 aromatic carbocycles. The number of benzene rings is 2. The number of pyridine rings is 1. The van der Waals surface area contributed by atoms with Crippen molar-refractivity contribution in [3.05, 3.63) is 93.9 Å². The molecule has 0 N–H and O–H groups in total. The van der Waals surface area contributed by atoms with Crippen LogP contribution in [-0.2, 0) is 11.0 Å². The van der Waals surface area contributed by atoms with Gasteiger partial charge in [-0.05, 0) is 55.3 Å². The number of likely N-dealkylation sites (tertiary alicyclic amines) is 1. The number of carbonyl (C=O) groups is 2. The number of rotatable bonds is 4. The number of hydrogen-bond donors (Lipinski definition) is 0. The Kier molecular flexibility index (Phi) is 7.61. The molecule has 44 heavy (non-hydrogen) atoms. The zero-order chi connectivity index (χ0) is 31.4. The highest BCUT2D eigenvalue weighted by Crippen LogP contribution is 2.41. The molecule has 14 heteroatoms. The van der Waals surface area contributed by atoms with Crippen LogP contribution in [0.2, 0.25) is 10.0 Å². The van der Waals surface area contributed by atoms with Gasteiger partial charge in [-0.25, -0.2) is 13.5 Å². The molecule has 1 spiro atoms. The first-order chi connectivity index (χ1) is 20.9. The molecule has 2 fully saturated rings. The number of ketones is 1. The lowest BCUT2D eigenvalue weighted by atomic mass is 9.83. The van der Waals surface area contributed by atoms with Crippen LogP contribution in [0.3, 0.4) is 0 Å². The minimum atomic E-state index is -4.68. The van der Waals surface area contributed by atoms with Gasteiger partial charge in [0, 0.05) is 55.8 Å². The van der Waals surface area contributed by atoms with Gasteiger partial charge in [-0.3, -0.25) is 14.6 Å². The number of carbonyl (C=O) groups excluding carboxylic acids is 2. The van der Waals surface area contributed by atoms with Gasteiger partial charge >= 0.3 is 6.18 Å². The van der Waals surface area contributed by atoms with E-state index in [1.165, 1.54) is 34.1 Å². The molecular formula is C30H22Cl2F5N5O2. The van der Waals surface area contributed by atoms with Crippen LogP contribution in [0.5, 0.6) is 0 Å². The molecule has 0 aliphatic carbocycles. The van der Waals surface area contributed by atoms with Crippen molar-refractivity contribution < 1.29 is 31.5 Å². The number of alkyl halides is 3. The van der Waals surface area contributed by atoms with Gasteiger partial charge in [0.25, 0.3) is 5.91 Å². The van der Waals surface area contributed by atoms with E-state index in [1.807, 2.05) is 0 Å². The summed E-state index contributed by atoms with van der Waals surface area (Å²) in [7, 11) is 0. The molecule has 7 nitrogen and oxygen atoms in total. The normalized spacial score (nSPS) is 16.7. The maximum absolute atomic E-state index is 14.0. The SMILES string of the molecule is O=C(c1cc(-c2cccnc2)n(-c2c(Cl)cc(C(F)(F)F)cc2Cl)n1)N1CCC2(CC1)C(=O)CCN2c1ccc(F)c(F)c1. The van der Waals surface area contributed by atoms with Gasteiger partial charge in [-0.15, -0.1) is 0 Å². The van der Waals surface area contributed by atoms with Gasteiger partial charge in [-0.2, -0.15) is 18.3 Å². The van der Waals surface area contributed by atoms with Crippen molar-refractivity contribution >= 4 is 40.6 Å². The van der Waals surface area contributed by atoms with Crippen molar-refractivity contribution in [2.24, 2.45) is 0 Å². The molecule has 2 aliphatic heterocycles. The Labute approximate surface area is 257 Å². The summed E-state index contributed by atoms with van der Waals surface area (Å²) >= 11 is 12.6. The second kappa shape index (κ2) is 11.2. The fourth-order valence-electron chi connectivity index (χ4n) is 5.94. The van der Waals surface area contributed by atoms with Crippen molar-refractivity contribution in [3.8, 4) is 16.9 Å². The smallest absolute Gasteiger partial charge is 0.358 e. The molecule has 4 heterocycles. The number of amides is 1. The molecule has 1 amide bonds. The Morgan fingerprint density at radius 1 is 0.932 bits per heavy atom. The van der Waals surface area contributed by atoms with E-state index in [1.54, 1.807) is 17.0 Å². The molecule has 2 saturated heterocycles. The molecule has 6 rings (SSSR count). The lowest BCUT2D eigenvalue weighted by Gasteiger charge is -2.44. The average Bonchev–Trinajstić information content (AvgIpc) is 3.56. The minimum Gasteiger partial charge on any atom is -0.358 e. The third-order valence-electron chi connectivity index (χ3n) is 8.13. The third kappa shape index (κ3) is 5.19. The second-order valence-corrected chi connectivity index (χ2v) is 11.4. The highest BCUT2D eigenvalue weighted by molar-refractivity contribution is 6.38. The Bertz CT molecular complexity index is 1750. The number of nitrogens with zero attached hydrogens (tertiary/aromatic N) is 5. The van der Waals surface area contributed by atoms with Crippen LogP contribution in [0.1, 0.15) is 35.3 Å². The molecule has 4 aromatic rings. The summed E-state index contributed by atoms with van der Waals surface area (Å²) in [5.74, 6) is -2.52. The van der Waals surface area contributed by atoms with E-state index < -0.39 is 34.8 Å². The van der Waals surface area contributed by atoms with Gasteiger partial charge < -0.3 is 9.80 Å². The van der Waals surface area contributed by atoms with Crippen LogP contribution in [0.25, 0.3) is 16.9 Å². The minimum absolute atomic E-state index is 0.0259. The molecule has 2 aliphatic rings. The monoisotopic (exact) mass is 649 g/mol. The van der Waals surface area contributed by atoms with Crippen molar-refractivity contribution in [1.82, 2.24) is 19.7 Å². The first-order valence-corrected chi connectivity index (χ1v) is 14.3. The molecule has 0 radical (unpaired) electrons. The largest absolute Gasteiger partial charge is 0.416 e. The van der Waals surface area contributed by atoms with Crippen LogP contribution in [0.4, 0.5) is 27.6 Å². The third-order valence-corrected chi connectivity index (χ3v) is 8.71. The first kappa shape index (κ1) is 30.0. The highest BCUT2D eigenvalue weighted by Gasteiger charge is 2.50. The summed E-state index contributed by atoms with van der Waals surface area (Å²) in [6, 6.07) is 9.79. The summed E-state index contributed by atoms with van der Waals surface area (Å²) in [6.45, 7) is 0.675. The van der Waals surface area contributed by atoms with Crippen LogP contribution in [0.15, 0.2) is 60.9 Å². The molecule has 228 valence electrons. The number of aromatic nitrogens is 3. The zero-order valence-corrected chi connectivity index (χ0v) is 24.2. The highest BCUT2D eigenvalue weighted by atomic mass is 35.5. The number of piperidine rings is 1. The van der Waals surface area contributed by atoms with Gasteiger partial charge in [0.05, 0.1) is 21.3 Å². The fourth-order valence-corrected chi connectivity index (χ4v) is 6.58. The van der Waals surface area contributed by atoms with Gasteiger partial charge in [0.1, 0.15) is 11.2 Å². The van der Waals surface area contributed by atoms with E-state index in [0.717, 1.165) is 24.3 Å². The summed E-state index contributed by atoms with van der Waals surface area (Å²) < 4.78 is 68.9. The lowest BCUT2D eigenvalue weighted by Crippen LogP contribution is -2.56. The number of halogens is 7. The second-order valence-electron chi connectivity index (χ2n) is 10.6. The molecule has 2 aromatic heterocycles. The Morgan fingerprint density at radius 3 is 2.25 bits per heavy atom. The summed E-state index contributed by atoms with van der Waals surface area (Å²) in [5.41, 5.74) is -0.875. The van der Waals surface area contributed by atoms with Crippen molar-refractivity contribution in [2.45, 2.75) is 31.0 Å². The number of hydrogen-bond acceptors (Lipinski definition) is 5. The van der Waals surface area contributed by atoms with E-state index in [0.29, 0.717) is 23.5 Å². The van der Waals surface area contributed by atoms with Crippen molar-refractivity contribution in [3.63, 3.8) is 0 Å². The Morgan fingerprint density at radius 2 is 1.64 bits per heavy atom. The predicted octanol–water partition coefficient (Wildman–Crippen LogP) is 6.99. The van der Waals surface area contributed by atoms with E-state index in [9.17, 15) is 31.5 Å². The van der Waals surface area contributed by atoms with Crippen LogP contribution >= 0.6 is 23.2 Å². The fraction of sp³-hybridized carbons (Fsp3) is 0.267. The van der Waals surface area contributed by atoms with Crippen molar-refractivity contribution in [1.29, 1.82) is 0 Å². The molecular weight excluding hydrogens is 628 g/mol. The lowest BCUT2D eigenvalue weighted by molar-refractivity contribution is -0.137. The van der Waals surface area contributed by atoms with E-state index in [2.05, 4.69) is 10.1 Å². The molecule has 0 saturated carbocycles. The van der Waals surface area contributed by atoms with Crippen molar-refractivity contribution in [2.75, 3.05) is 24.5 Å². The number of anilines is 1. The maximum atomic E-state index is 14.0. The quantitative estimate of drug-likeness (QED) is 0.223. The van der Waals surface area contributed by atoms with E-state index in [-0.39, 0.29) is 59.6 Å². The topological polar surface area (TPSA) is 71.3 Å². The van der Waals surface area contributed by atoms with Crippen LogP contribution < -0.4 is 4.90 Å². The zero-order valence-electron chi connectivity index (χ0n) is 22.7. The van der Waals surface area contributed by atoms with Gasteiger partial charge in [0.15, 0.2) is 23.1 Å². The van der Waals surface area contributed by atoms with E-state index >= 15 is 0 Å². The Hall–Kier alpha value is -4.03. The molecule has 0 bridgehead atoms. The maximum Gasteiger partial charge on any atom is 0.416 e. The summed E-state index contributed by atoms with van der Waals surface area (Å²) in [5, 5.41) is 3.77. The molecule has 0 atom stereocenters. The average molecular weight is 650 g/mol. The predicted molar refractivity (Wildman–Crippen MR) is 153 cm³/mol. The standard InChI is InChI=1S/C30H22Cl2F5N5O2/c31-20-12-18(30(35,36)37)13-21(32)27(20)42-25(17-2-1-8-38-16-17)15-24(39-42)28(44)40-10-6-29(7-11-40)26(43)5-9-41(29)19-3-4-22(33)23(34)14-19/h1-4,8,12-16H,5-7,9-11H2. The van der Waals surface area contributed by atoms with Crippen LogP contribution in [-0.4, -0.2) is 56.5 Å². The van der Waals surface area contributed by atoms with Crippen LogP contribution in [0, 0.1) is 11.6 Å². The van der Waals surface area contributed by atoms with Gasteiger partial charge in [-0.1, -0.05) is 23.2 Å². The first-order valence-electron chi connectivity index (χ1n) is 13.5. The summed E-state index contributed by atoms with van der Waals surface area (Å²) in [4.78, 5) is 34.2. The van der Waals surface area contributed by atoms with E-state index in [4.69, 9.17) is 23.2 Å². The summed E-state index contributed by atoms with van der Waals surface area (Å²) in [6.07, 6.45) is -0.911.